The first kappa shape index (κ1) is 16.7. The summed E-state index contributed by atoms with van der Waals surface area (Å²) >= 11 is 1.59. The van der Waals surface area contributed by atoms with E-state index in [-0.39, 0.29) is 6.10 Å². The van der Waals surface area contributed by atoms with Crippen molar-refractivity contribution in [3.63, 3.8) is 0 Å². The molecule has 2 aromatic heterocycles. The summed E-state index contributed by atoms with van der Waals surface area (Å²) in [5.74, 6) is 1.84. The van der Waals surface area contributed by atoms with E-state index in [1.807, 2.05) is 6.92 Å². The predicted octanol–water partition coefficient (Wildman–Crippen LogP) is 3.02. The summed E-state index contributed by atoms with van der Waals surface area (Å²) < 4.78 is 12.1. The molecule has 0 N–H and O–H groups in total. The standard InChI is InChI=1S/C16H19N5O2S/c1-11-4-6-13(7-5-11)9-24-16-17-10-21(19-16)8-14-18-15(20-23-14)12(2)22-3/h4-7,10,12H,8-9H2,1-3H3. The Morgan fingerprint density at radius 2 is 2.08 bits per heavy atom. The van der Waals surface area contributed by atoms with Gasteiger partial charge in [-0.05, 0) is 19.4 Å². The number of aromatic nitrogens is 5. The Morgan fingerprint density at radius 3 is 2.83 bits per heavy atom. The fourth-order valence-electron chi connectivity index (χ4n) is 1.99. The highest BCUT2D eigenvalue weighted by atomic mass is 32.2. The molecule has 0 aliphatic rings. The molecule has 126 valence electrons. The van der Waals surface area contributed by atoms with Gasteiger partial charge in [0.15, 0.2) is 5.82 Å². The van der Waals surface area contributed by atoms with Gasteiger partial charge in [0.05, 0.1) is 0 Å². The quantitative estimate of drug-likeness (QED) is 0.609. The molecule has 0 saturated carbocycles. The molecule has 0 fully saturated rings. The van der Waals surface area contributed by atoms with E-state index in [9.17, 15) is 0 Å². The van der Waals surface area contributed by atoms with Crippen LogP contribution in [0.2, 0.25) is 0 Å². The van der Waals surface area contributed by atoms with Gasteiger partial charge in [0.2, 0.25) is 11.0 Å². The van der Waals surface area contributed by atoms with Crippen LogP contribution in [0.3, 0.4) is 0 Å². The zero-order chi connectivity index (χ0) is 16.9. The minimum atomic E-state index is -0.195. The Labute approximate surface area is 144 Å². The van der Waals surface area contributed by atoms with Gasteiger partial charge in [-0.15, -0.1) is 5.10 Å². The van der Waals surface area contributed by atoms with Gasteiger partial charge in [0, 0.05) is 12.9 Å². The number of benzene rings is 1. The summed E-state index contributed by atoms with van der Waals surface area (Å²) in [6, 6.07) is 8.46. The molecule has 1 unspecified atom stereocenters. The molecule has 3 rings (SSSR count). The first-order valence-corrected chi connectivity index (χ1v) is 8.55. The number of nitrogens with zero attached hydrogens (tertiary/aromatic N) is 5. The van der Waals surface area contributed by atoms with Crippen LogP contribution in [0.5, 0.6) is 0 Å². The molecule has 0 amide bonds. The molecule has 8 heteroatoms. The van der Waals surface area contributed by atoms with E-state index in [2.05, 4.69) is 51.4 Å². The molecule has 1 atom stereocenters. The highest BCUT2D eigenvalue weighted by Crippen LogP contribution is 2.19. The lowest BCUT2D eigenvalue weighted by Gasteiger charge is -2.00. The van der Waals surface area contributed by atoms with Gasteiger partial charge in [0.25, 0.3) is 0 Å². The van der Waals surface area contributed by atoms with Gasteiger partial charge in [-0.25, -0.2) is 9.67 Å². The molecule has 0 spiro atoms. The van der Waals surface area contributed by atoms with Crippen molar-refractivity contribution in [3.05, 3.63) is 53.4 Å². The Hall–Kier alpha value is -2.19. The van der Waals surface area contributed by atoms with Crippen LogP contribution in [0, 0.1) is 6.92 Å². The third-order valence-electron chi connectivity index (χ3n) is 3.50. The number of ether oxygens (including phenoxy) is 1. The fourth-order valence-corrected chi connectivity index (χ4v) is 2.77. The maximum atomic E-state index is 5.20. The van der Waals surface area contributed by atoms with Crippen molar-refractivity contribution in [1.29, 1.82) is 0 Å². The summed E-state index contributed by atoms with van der Waals surface area (Å²) in [6.07, 6.45) is 1.47. The SMILES string of the molecule is COC(C)c1noc(Cn2cnc(SCc3ccc(C)cc3)n2)n1. The van der Waals surface area contributed by atoms with E-state index in [0.29, 0.717) is 18.3 Å². The third kappa shape index (κ3) is 4.21. The Morgan fingerprint density at radius 1 is 1.29 bits per heavy atom. The number of methoxy groups -OCH3 is 1. The molecule has 3 aromatic rings. The van der Waals surface area contributed by atoms with Crippen molar-refractivity contribution in [3.8, 4) is 0 Å². The van der Waals surface area contributed by atoms with Crippen LogP contribution in [-0.2, 0) is 17.0 Å². The lowest BCUT2D eigenvalue weighted by Crippen LogP contribution is -2.02. The average molecular weight is 345 g/mol. The third-order valence-corrected chi connectivity index (χ3v) is 4.43. The smallest absolute Gasteiger partial charge is 0.248 e. The minimum Gasteiger partial charge on any atom is -0.374 e. The van der Waals surface area contributed by atoms with Crippen molar-refractivity contribution in [2.75, 3.05) is 7.11 Å². The number of thioether (sulfide) groups is 1. The van der Waals surface area contributed by atoms with E-state index < -0.39 is 0 Å². The second-order valence-electron chi connectivity index (χ2n) is 5.42. The minimum absolute atomic E-state index is 0.195. The summed E-state index contributed by atoms with van der Waals surface area (Å²) in [5, 5.41) is 9.04. The topological polar surface area (TPSA) is 78.9 Å². The molecule has 2 heterocycles. The second-order valence-corrected chi connectivity index (χ2v) is 6.37. The summed E-state index contributed by atoms with van der Waals surface area (Å²) in [7, 11) is 1.61. The molecule has 0 bridgehead atoms. The van der Waals surface area contributed by atoms with Crippen molar-refractivity contribution < 1.29 is 9.26 Å². The lowest BCUT2D eigenvalue weighted by molar-refractivity contribution is 0.109. The van der Waals surface area contributed by atoms with Gasteiger partial charge in [-0.3, -0.25) is 0 Å². The normalized spacial score (nSPS) is 12.5. The van der Waals surface area contributed by atoms with Crippen LogP contribution < -0.4 is 0 Å². The maximum Gasteiger partial charge on any atom is 0.248 e. The van der Waals surface area contributed by atoms with E-state index in [1.165, 1.54) is 11.1 Å². The molecule has 0 aliphatic carbocycles. The van der Waals surface area contributed by atoms with E-state index in [4.69, 9.17) is 9.26 Å². The van der Waals surface area contributed by atoms with Crippen molar-refractivity contribution in [1.82, 2.24) is 24.9 Å². The monoisotopic (exact) mass is 345 g/mol. The molecule has 0 saturated heterocycles. The van der Waals surface area contributed by atoms with Crippen LogP contribution in [0.15, 0.2) is 40.3 Å². The molecule has 7 nitrogen and oxygen atoms in total. The van der Waals surface area contributed by atoms with Crippen LogP contribution in [-0.4, -0.2) is 32.0 Å². The molecule has 0 aliphatic heterocycles. The van der Waals surface area contributed by atoms with Crippen LogP contribution in [0.25, 0.3) is 0 Å². The molecular formula is C16H19N5O2S. The largest absolute Gasteiger partial charge is 0.374 e. The Bertz CT molecular complexity index is 784. The maximum absolute atomic E-state index is 5.20. The van der Waals surface area contributed by atoms with E-state index >= 15 is 0 Å². The Kier molecular flexibility index (Phi) is 5.27. The highest BCUT2D eigenvalue weighted by Gasteiger charge is 2.13. The number of aryl methyl sites for hydroxylation is 1. The van der Waals surface area contributed by atoms with Gasteiger partial charge >= 0.3 is 0 Å². The van der Waals surface area contributed by atoms with Crippen molar-refractivity contribution >= 4 is 11.8 Å². The number of hydrogen-bond acceptors (Lipinski definition) is 7. The molecular weight excluding hydrogens is 326 g/mol. The van der Waals surface area contributed by atoms with Gasteiger partial charge in [-0.1, -0.05) is 46.7 Å². The zero-order valence-electron chi connectivity index (χ0n) is 13.8. The first-order valence-electron chi connectivity index (χ1n) is 7.57. The van der Waals surface area contributed by atoms with Gasteiger partial charge in [0.1, 0.15) is 19.0 Å². The Balaban J connectivity index is 1.57. The second kappa shape index (κ2) is 7.59. The number of rotatable bonds is 7. The van der Waals surface area contributed by atoms with Crippen LogP contribution in [0.4, 0.5) is 0 Å². The summed E-state index contributed by atoms with van der Waals surface area (Å²) in [6.45, 7) is 4.34. The van der Waals surface area contributed by atoms with Crippen LogP contribution in [0.1, 0.15) is 35.9 Å². The van der Waals surface area contributed by atoms with Gasteiger partial charge < -0.3 is 9.26 Å². The molecule has 24 heavy (non-hydrogen) atoms. The fraction of sp³-hybridized carbons (Fsp3) is 0.375. The predicted molar refractivity (Wildman–Crippen MR) is 89.6 cm³/mol. The van der Waals surface area contributed by atoms with Crippen molar-refractivity contribution in [2.45, 2.75) is 37.4 Å². The van der Waals surface area contributed by atoms with E-state index in [0.717, 1.165) is 10.9 Å². The molecule has 0 radical (unpaired) electrons. The highest BCUT2D eigenvalue weighted by molar-refractivity contribution is 7.98. The lowest BCUT2D eigenvalue weighted by atomic mass is 10.2. The zero-order valence-corrected chi connectivity index (χ0v) is 14.7. The average Bonchev–Trinajstić information content (AvgIpc) is 3.24. The van der Waals surface area contributed by atoms with E-state index in [1.54, 1.807) is 29.9 Å². The molecule has 1 aromatic carbocycles. The first-order chi connectivity index (χ1) is 11.6. The summed E-state index contributed by atoms with van der Waals surface area (Å²) in [5.41, 5.74) is 2.50. The van der Waals surface area contributed by atoms with Crippen LogP contribution >= 0.6 is 11.8 Å². The number of hydrogen-bond donors (Lipinski definition) is 0. The van der Waals surface area contributed by atoms with Gasteiger partial charge in [-0.2, -0.15) is 4.98 Å². The van der Waals surface area contributed by atoms with Crippen molar-refractivity contribution in [2.24, 2.45) is 0 Å². The summed E-state index contributed by atoms with van der Waals surface area (Å²) in [4.78, 5) is 8.59.